The summed E-state index contributed by atoms with van der Waals surface area (Å²) in [6.45, 7) is 1.90. The number of halogens is 1. The van der Waals surface area contributed by atoms with Gasteiger partial charge in [-0.25, -0.2) is 4.68 Å². The average molecular weight is 369 g/mol. The van der Waals surface area contributed by atoms with Gasteiger partial charge in [0.05, 0.1) is 22.9 Å². The molecule has 0 unspecified atom stereocenters. The van der Waals surface area contributed by atoms with Gasteiger partial charge in [0.2, 0.25) is 11.8 Å². The first kappa shape index (κ1) is 15.8. The quantitative estimate of drug-likeness (QED) is 0.738. The van der Waals surface area contributed by atoms with E-state index < -0.39 is 0 Å². The normalized spacial score (nSPS) is 16.3. The Hall–Kier alpha value is -2.75. The highest BCUT2D eigenvalue weighted by Gasteiger charge is 2.36. The number of nitriles is 1. The molecular weight excluding hydrogens is 356 g/mol. The highest BCUT2D eigenvalue weighted by molar-refractivity contribution is 7.10. The molecule has 0 saturated carbocycles. The van der Waals surface area contributed by atoms with Gasteiger partial charge >= 0.3 is 0 Å². The Labute approximate surface area is 153 Å². The van der Waals surface area contributed by atoms with Gasteiger partial charge in [0.15, 0.2) is 0 Å². The van der Waals surface area contributed by atoms with Crippen LogP contribution in [0.25, 0.3) is 5.69 Å². The number of aromatic nitrogens is 2. The standard InChI is InChI=1S/C18H13ClN4OS/c1-10-15-16(14-6-3-7-25-14)13(9-20)17(21)24-18(15)23(22-10)12-5-2-4-11(19)8-12/h2-8,16H,21H2,1H3/t16-/m1/s1. The Bertz CT molecular complexity index is 1030. The van der Waals surface area contributed by atoms with Crippen molar-refractivity contribution in [3.05, 3.63) is 74.4 Å². The summed E-state index contributed by atoms with van der Waals surface area (Å²) < 4.78 is 7.49. The van der Waals surface area contributed by atoms with Gasteiger partial charge in [0.25, 0.3) is 0 Å². The third-order valence-corrected chi connectivity index (χ3v) is 5.29. The maximum absolute atomic E-state index is 9.60. The summed E-state index contributed by atoms with van der Waals surface area (Å²) in [5.74, 6) is 0.355. The molecule has 0 saturated heterocycles. The van der Waals surface area contributed by atoms with Crippen molar-refractivity contribution < 1.29 is 4.74 Å². The molecule has 5 nitrogen and oxygen atoms in total. The lowest BCUT2D eigenvalue weighted by Crippen LogP contribution is -2.21. The Morgan fingerprint density at radius 3 is 2.88 bits per heavy atom. The first-order chi connectivity index (χ1) is 12.1. The van der Waals surface area contributed by atoms with Gasteiger partial charge in [-0.1, -0.05) is 23.7 Å². The molecule has 25 heavy (non-hydrogen) atoms. The first-order valence-corrected chi connectivity index (χ1v) is 8.82. The van der Waals surface area contributed by atoms with E-state index in [1.54, 1.807) is 28.2 Å². The molecule has 0 bridgehead atoms. The topological polar surface area (TPSA) is 76.9 Å². The van der Waals surface area contributed by atoms with Crippen LogP contribution in [-0.4, -0.2) is 9.78 Å². The molecule has 3 aromatic rings. The molecular formula is C18H13ClN4OS. The molecule has 2 N–H and O–H groups in total. The van der Waals surface area contributed by atoms with Gasteiger partial charge < -0.3 is 10.5 Å². The van der Waals surface area contributed by atoms with E-state index in [-0.39, 0.29) is 11.8 Å². The number of nitrogens with zero attached hydrogens (tertiary/aromatic N) is 3. The minimum absolute atomic E-state index is 0.108. The van der Waals surface area contributed by atoms with Gasteiger partial charge in [-0.05, 0) is 36.6 Å². The second-order valence-electron chi connectivity index (χ2n) is 5.64. The van der Waals surface area contributed by atoms with E-state index in [1.807, 2.05) is 36.6 Å². The van der Waals surface area contributed by atoms with Crippen LogP contribution in [-0.2, 0) is 0 Å². The van der Waals surface area contributed by atoms with Gasteiger partial charge in [-0.3, -0.25) is 0 Å². The van der Waals surface area contributed by atoms with Crippen LogP contribution in [0.2, 0.25) is 5.02 Å². The second-order valence-corrected chi connectivity index (χ2v) is 7.05. The number of rotatable bonds is 2. The lowest BCUT2D eigenvalue weighted by atomic mass is 9.89. The predicted molar refractivity (Wildman–Crippen MR) is 96.9 cm³/mol. The number of benzene rings is 1. The SMILES string of the molecule is Cc1nn(-c2cccc(Cl)c2)c2c1[C@@H](c1cccs1)C(C#N)=C(N)O2. The molecule has 0 radical (unpaired) electrons. The molecule has 2 aromatic heterocycles. The summed E-state index contributed by atoms with van der Waals surface area (Å²) in [6, 6.07) is 13.5. The predicted octanol–water partition coefficient (Wildman–Crippen LogP) is 4.11. The zero-order chi connectivity index (χ0) is 17.6. The van der Waals surface area contributed by atoms with Crippen molar-refractivity contribution in [2.24, 2.45) is 5.73 Å². The van der Waals surface area contributed by atoms with Crippen LogP contribution >= 0.6 is 22.9 Å². The maximum atomic E-state index is 9.60. The Morgan fingerprint density at radius 2 is 2.20 bits per heavy atom. The molecule has 3 heterocycles. The van der Waals surface area contributed by atoms with E-state index in [2.05, 4.69) is 11.2 Å². The summed E-state index contributed by atoms with van der Waals surface area (Å²) >= 11 is 7.69. The number of ether oxygens (including phenoxy) is 1. The lowest BCUT2D eigenvalue weighted by Gasteiger charge is -2.23. The molecule has 0 aliphatic carbocycles. The van der Waals surface area contributed by atoms with Crippen molar-refractivity contribution in [3.8, 4) is 17.6 Å². The monoisotopic (exact) mass is 368 g/mol. The van der Waals surface area contributed by atoms with Gasteiger partial charge in [0, 0.05) is 9.90 Å². The summed E-state index contributed by atoms with van der Waals surface area (Å²) in [7, 11) is 0. The highest BCUT2D eigenvalue weighted by atomic mass is 35.5. The minimum Gasteiger partial charge on any atom is -0.422 e. The average Bonchev–Trinajstić information content (AvgIpc) is 3.22. The Morgan fingerprint density at radius 1 is 1.36 bits per heavy atom. The van der Waals surface area contributed by atoms with E-state index in [9.17, 15) is 5.26 Å². The largest absolute Gasteiger partial charge is 0.422 e. The van der Waals surface area contributed by atoms with E-state index in [0.717, 1.165) is 21.8 Å². The zero-order valence-corrected chi connectivity index (χ0v) is 14.8. The van der Waals surface area contributed by atoms with Crippen molar-refractivity contribution >= 4 is 22.9 Å². The number of hydrogen-bond donors (Lipinski definition) is 1. The third-order valence-electron chi connectivity index (χ3n) is 4.11. The maximum Gasteiger partial charge on any atom is 0.229 e. The molecule has 0 spiro atoms. The zero-order valence-electron chi connectivity index (χ0n) is 13.2. The van der Waals surface area contributed by atoms with Crippen molar-refractivity contribution in [1.82, 2.24) is 9.78 Å². The van der Waals surface area contributed by atoms with Crippen molar-refractivity contribution in [2.75, 3.05) is 0 Å². The Balaban J connectivity index is 1.96. The number of allylic oxidation sites excluding steroid dienone is 1. The molecule has 0 fully saturated rings. The van der Waals surface area contributed by atoms with E-state index in [4.69, 9.17) is 22.1 Å². The van der Waals surface area contributed by atoms with Crippen LogP contribution in [0.3, 0.4) is 0 Å². The van der Waals surface area contributed by atoms with E-state index in [1.165, 1.54) is 0 Å². The van der Waals surface area contributed by atoms with Gasteiger partial charge in [-0.2, -0.15) is 10.4 Å². The summed E-state index contributed by atoms with van der Waals surface area (Å²) in [5.41, 5.74) is 8.88. The van der Waals surface area contributed by atoms with Crippen molar-refractivity contribution in [2.45, 2.75) is 12.8 Å². The number of hydrogen-bond acceptors (Lipinski definition) is 5. The molecule has 1 aliphatic rings. The summed E-state index contributed by atoms with van der Waals surface area (Å²) in [6.07, 6.45) is 0. The van der Waals surface area contributed by atoms with Crippen LogP contribution in [0.15, 0.2) is 53.2 Å². The third kappa shape index (κ3) is 2.49. The number of aryl methyl sites for hydroxylation is 1. The van der Waals surface area contributed by atoms with Crippen LogP contribution in [0.5, 0.6) is 5.88 Å². The highest BCUT2D eigenvalue weighted by Crippen LogP contribution is 2.45. The summed E-state index contributed by atoms with van der Waals surface area (Å²) in [5, 5.41) is 16.8. The van der Waals surface area contributed by atoms with E-state index >= 15 is 0 Å². The summed E-state index contributed by atoms with van der Waals surface area (Å²) in [4.78, 5) is 1.03. The molecule has 7 heteroatoms. The molecule has 1 aliphatic heterocycles. The van der Waals surface area contributed by atoms with Crippen LogP contribution in [0.1, 0.15) is 22.1 Å². The fourth-order valence-electron chi connectivity index (χ4n) is 3.04. The molecule has 1 aromatic carbocycles. The van der Waals surface area contributed by atoms with Crippen LogP contribution < -0.4 is 10.5 Å². The van der Waals surface area contributed by atoms with Gasteiger partial charge in [0.1, 0.15) is 11.6 Å². The Kier molecular flexibility index (Phi) is 3.75. The minimum atomic E-state index is -0.276. The molecule has 4 rings (SSSR count). The van der Waals surface area contributed by atoms with Crippen LogP contribution in [0.4, 0.5) is 0 Å². The van der Waals surface area contributed by atoms with Crippen molar-refractivity contribution in [3.63, 3.8) is 0 Å². The first-order valence-electron chi connectivity index (χ1n) is 7.56. The van der Waals surface area contributed by atoms with Crippen molar-refractivity contribution in [1.29, 1.82) is 5.26 Å². The molecule has 124 valence electrons. The number of thiophene rings is 1. The lowest BCUT2D eigenvalue weighted by molar-refractivity contribution is 0.367. The molecule has 0 amide bonds. The molecule has 1 atom stereocenters. The fourth-order valence-corrected chi connectivity index (χ4v) is 4.06. The van der Waals surface area contributed by atoms with Gasteiger partial charge in [-0.15, -0.1) is 11.3 Å². The van der Waals surface area contributed by atoms with E-state index in [0.29, 0.717) is 16.5 Å². The van der Waals surface area contributed by atoms with Crippen LogP contribution in [0, 0.1) is 18.3 Å². The number of fused-ring (bicyclic) bond motifs is 1. The number of nitrogens with two attached hydrogens (primary N) is 1. The smallest absolute Gasteiger partial charge is 0.229 e. The second kappa shape index (κ2) is 5.96. The fraction of sp³-hybridized carbons (Fsp3) is 0.111.